The first-order valence-corrected chi connectivity index (χ1v) is 7.95. The Bertz CT molecular complexity index is 574. The van der Waals surface area contributed by atoms with E-state index >= 15 is 0 Å². The van der Waals surface area contributed by atoms with Crippen molar-refractivity contribution < 1.29 is 14.6 Å². The minimum Gasteiger partial charge on any atom is -0.493 e. The smallest absolute Gasteiger partial charge is 0.125 e. The van der Waals surface area contributed by atoms with E-state index in [0.717, 1.165) is 35.7 Å². The summed E-state index contributed by atoms with van der Waals surface area (Å²) in [5.74, 6) is 1.77. The Hall–Kier alpha value is -1.71. The third-order valence-corrected chi connectivity index (χ3v) is 4.27. The normalized spacial score (nSPS) is 22.1. The highest BCUT2D eigenvalue weighted by molar-refractivity contribution is 6.21. The highest BCUT2D eigenvalue weighted by Crippen LogP contribution is 2.35. The van der Waals surface area contributed by atoms with E-state index in [1.807, 2.05) is 48.5 Å². The number of ether oxygens (including phenoxy) is 2. The molecule has 0 bridgehead atoms. The molecule has 2 aliphatic heterocycles. The maximum Gasteiger partial charge on any atom is 0.125 e. The van der Waals surface area contributed by atoms with Crippen LogP contribution in [0.3, 0.4) is 0 Å². The fourth-order valence-electron chi connectivity index (χ4n) is 2.62. The summed E-state index contributed by atoms with van der Waals surface area (Å²) in [7, 11) is 0. The van der Waals surface area contributed by atoms with Gasteiger partial charge in [0.05, 0.1) is 24.7 Å². The predicted octanol–water partition coefficient (Wildman–Crippen LogP) is 4.25. The highest BCUT2D eigenvalue weighted by Gasteiger charge is 2.18. The summed E-state index contributed by atoms with van der Waals surface area (Å²) in [4.78, 5) is 0. The molecule has 0 aliphatic carbocycles. The van der Waals surface area contributed by atoms with Gasteiger partial charge in [-0.3, -0.25) is 0 Å². The van der Waals surface area contributed by atoms with E-state index < -0.39 is 0 Å². The third kappa shape index (κ3) is 3.37. The minimum absolute atomic E-state index is 0.139. The molecule has 22 heavy (non-hydrogen) atoms. The lowest BCUT2D eigenvalue weighted by Gasteiger charge is -2.21. The van der Waals surface area contributed by atoms with Gasteiger partial charge in [0.1, 0.15) is 11.5 Å². The molecule has 0 amide bonds. The number of aliphatic hydroxyl groups is 1. The summed E-state index contributed by atoms with van der Waals surface area (Å²) in [5.41, 5.74) is 2.04. The van der Waals surface area contributed by atoms with Gasteiger partial charge in [-0.25, -0.2) is 0 Å². The number of para-hydroxylation sites is 2. The molecule has 0 aromatic heterocycles. The minimum atomic E-state index is -0.333. The van der Waals surface area contributed by atoms with Crippen LogP contribution in [0.1, 0.15) is 35.4 Å². The second-order valence-corrected chi connectivity index (χ2v) is 5.86. The molecule has 1 N–H and O–H groups in total. The van der Waals surface area contributed by atoms with Crippen molar-refractivity contribution in [2.75, 3.05) is 13.2 Å². The van der Waals surface area contributed by atoms with Gasteiger partial charge in [-0.1, -0.05) is 36.4 Å². The van der Waals surface area contributed by atoms with Crippen LogP contribution in [-0.2, 0) is 0 Å². The van der Waals surface area contributed by atoms with Crippen molar-refractivity contribution in [2.45, 2.75) is 24.3 Å². The molecule has 116 valence electrons. The number of rotatable bonds is 0. The SMILES string of the molecule is ClC1CCOc2ccccc21.OC1CCOc2ccccc21. The quantitative estimate of drug-likeness (QED) is 0.738. The highest BCUT2D eigenvalue weighted by atomic mass is 35.5. The molecule has 4 rings (SSSR count). The van der Waals surface area contributed by atoms with Gasteiger partial charge in [0.15, 0.2) is 0 Å². The fraction of sp³-hybridized carbons (Fsp3) is 0.333. The van der Waals surface area contributed by atoms with Gasteiger partial charge in [0.2, 0.25) is 0 Å². The monoisotopic (exact) mass is 318 g/mol. The molecule has 2 unspecified atom stereocenters. The van der Waals surface area contributed by atoms with Crippen LogP contribution in [0.25, 0.3) is 0 Å². The molecule has 2 atom stereocenters. The van der Waals surface area contributed by atoms with Crippen LogP contribution in [0.15, 0.2) is 48.5 Å². The first kappa shape index (κ1) is 15.2. The van der Waals surface area contributed by atoms with Crippen molar-refractivity contribution in [1.82, 2.24) is 0 Å². The molecule has 0 spiro atoms. The Morgan fingerprint density at radius 3 is 2.00 bits per heavy atom. The fourth-order valence-corrected chi connectivity index (χ4v) is 2.89. The van der Waals surface area contributed by atoms with E-state index in [2.05, 4.69) is 0 Å². The van der Waals surface area contributed by atoms with E-state index in [4.69, 9.17) is 21.1 Å². The Kier molecular flexibility index (Phi) is 4.86. The zero-order valence-corrected chi connectivity index (χ0v) is 13.0. The van der Waals surface area contributed by atoms with E-state index in [1.54, 1.807) is 0 Å². The van der Waals surface area contributed by atoms with Crippen LogP contribution in [0, 0.1) is 0 Å². The third-order valence-electron chi connectivity index (χ3n) is 3.81. The lowest BCUT2D eigenvalue weighted by Crippen LogP contribution is -2.13. The average molecular weight is 319 g/mol. The molecule has 4 heteroatoms. The number of alkyl halides is 1. The largest absolute Gasteiger partial charge is 0.493 e. The molecule has 0 saturated carbocycles. The number of aliphatic hydroxyl groups excluding tert-OH is 1. The molecule has 0 fully saturated rings. The van der Waals surface area contributed by atoms with Gasteiger partial charge in [-0.2, -0.15) is 0 Å². The van der Waals surface area contributed by atoms with Gasteiger partial charge in [0.25, 0.3) is 0 Å². The Morgan fingerprint density at radius 2 is 1.36 bits per heavy atom. The zero-order valence-electron chi connectivity index (χ0n) is 12.2. The van der Waals surface area contributed by atoms with Crippen LogP contribution in [0.2, 0.25) is 0 Å². The lowest BCUT2D eigenvalue weighted by molar-refractivity contribution is 0.115. The van der Waals surface area contributed by atoms with Gasteiger partial charge >= 0.3 is 0 Å². The number of fused-ring (bicyclic) bond motifs is 2. The molecular formula is C18H19ClO3. The van der Waals surface area contributed by atoms with Gasteiger partial charge in [0, 0.05) is 24.0 Å². The Morgan fingerprint density at radius 1 is 0.818 bits per heavy atom. The van der Waals surface area contributed by atoms with E-state index in [-0.39, 0.29) is 11.5 Å². The average Bonchev–Trinajstić information content (AvgIpc) is 2.57. The summed E-state index contributed by atoms with van der Waals surface area (Å²) in [6, 6.07) is 15.6. The van der Waals surface area contributed by atoms with Crippen molar-refractivity contribution in [3.8, 4) is 11.5 Å². The zero-order chi connectivity index (χ0) is 15.4. The molecule has 0 radical (unpaired) electrons. The predicted molar refractivity (Wildman–Crippen MR) is 86.7 cm³/mol. The maximum absolute atomic E-state index is 9.48. The first-order chi connectivity index (χ1) is 10.8. The number of hydrogen-bond acceptors (Lipinski definition) is 3. The molecule has 3 nitrogen and oxygen atoms in total. The van der Waals surface area contributed by atoms with E-state index in [1.165, 1.54) is 0 Å². The molecule has 2 aromatic carbocycles. The topological polar surface area (TPSA) is 38.7 Å². The van der Waals surface area contributed by atoms with Crippen LogP contribution in [0.4, 0.5) is 0 Å². The summed E-state index contributed by atoms with van der Waals surface area (Å²) < 4.78 is 10.7. The van der Waals surface area contributed by atoms with E-state index in [0.29, 0.717) is 13.0 Å². The molecular weight excluding hydrogens is 300 g/mol. The Balaban J connectivity index is 0.000000131. The second kappa shape index (κ2) is 7.03. The van der Waals surface area contributed by atoms with Crippen LogP contribution in [0.5, 0.6) is 11.5 Å². The van der Waals surface area contributed by atoms with Crippen molar-refractivity contribution in [1.29, 1.82) is 0 Å². The van der Waals surface area contributed by atoms with Gasteiger partial charge < -0.3 is 14.6 Å². The number of hydrogen-bond donors (Lipinski definition) is 1. The van der Waals surface area contributed by atoms with Crippen molar-refractivity contribution in [3.63, 3.8) is 0 Å². The maximum atomic E-state index is 9.48. The van der Waals surface area contributed by atoms with Crippen molar-refractivity contribution in [3.05, 3.63) is 59.7 Å². The second-order valence-electron chi connectivity index (χ2n) is 5.33. The van der Waals surface area contributed by atoms with E-state index in [9.17, 15) is 5.11 Å². The number of benzene rings is 2. The van der Waals surface area contributed by atoms with Crippen molar-refractivity contribution >= 4 is 11.6 Å². The molecule has 0 saturated heterocycles. The standard InChI is InChI=1S/C9H9ClO.C9H10O2/c2*10-8-5-6-11-9-4-2-1-3-7(8)9/h1-4,8H,5-6H2;1-4,8,10H,5-6H2. The lowest BCUT2D eigenvalue weighted by atomic mass is 10.0. The molecule has 2 aliphatic rings. The van der Waals surface area contributed by atoms with Crippen LogP contribution >= 0.6 is 11.6 Å². The summed E-state index contributed by atoms with van der Waals surface area (Å²) in [5, 5.41) is 9.62. The van der Waals surface area contributed by atoms with Crippen LogP contribution in [-0.4, -0.2) is 18.3 Å². The van der Waals surface area contributed by atoms with Gasteiger partial charge in [-0.05, 0) is 12.1 Å². The van der Waals surface area contributed by atoms with Crippen LogP contribution < -0.4 is 9.47 Å². The summed E-state index contributed by atoms with van der Waals surface area (Å²) in [6.07, 6.45) is 1.29. The van der Waals surface area contributed by atoms with Crippen molar-refractivity contribution in [2.24, 2.45) is 0 Å². The summed E-state index contributed by atoms with van der Waals surface area (Å²) in [6.45, 7) is 1.36. The summed E-state index contributed by atoms with van der Waals surface area (Å²) >= 11 is 6.07. The number of halogens is 1. The Labute approximate surface area is 135 Å². The first-order valence-electron chi connectivity index (χ1n) is 7.51. The molecule has 2 heterocycles. The van der Waals surface area contributed by atoms with Gasteiger partial charge in [-0.15, -0.1) is 11.6 Å². The molecule has 2 aromatic rings.